The van der Waals surface area contributed by atoms with Crippen LogP contribution in [0.2, 0.25) is 25.7 Å². The highest BCUT2D eigenvalue weighted by molar-refractivity contribution is 6.76. The van der Waals surface area contributed by atoms with Crippen LogP contribution in [0.5, 0.6) is 0 Å². The molecule has 0 aromatic carbocycles. The maximum absolute atomic E-state index is 16.1. The summed E-state index contributed by atoms with van der Waals surface area (Å²) in [5, 5.41) is 12.3. The number of aromatic nitrogens is 5. The van der Waals surface area contributed by atoms with Crippen molar-refractivity contribution in [3.8, 4) is 11.1 Å². The lowest BCUT2D eigenvalue weighted by Crippen LogP contribution is -2.39. The first kappa shape index (κ1) is 43.1. The van der Waals surface area contributed by atoms with Crippen LogP contribution in [-0.2, 0) is 32.3 Å². The van der Waals surface area contributed by atoms with Crippen molar-refractivity contribution in [2.75, 3.05) is 25.1 Å². The molecule has 3 aromatic heterocycles. The molecule has 2 aliphatic carbocycles. The molecule has 3 aliphatic rings. The fourth-order valence-electron chi connectivity index (χ4n) is 9.46. The van der Waals surface area contributed by atoms with E-state index in [2.05, 4.69) is 40.1 Å². The predicted octanol–water partition coefficient (Wildman–Crippen LogP) is 8.74. The van der Waals surface area contributed by atoms with Gasteiger partial charge in [0.05, 0.1) is 24.4 Å². The number of pyridine rings is 1. The maximum Gasteiger partial charge on any atom is 0.267 e. The van der Waals surface area contributed by atoms with Gasteiger partial charge in [0.2, 0.25) is 11.9 Å². The van der Waals surface area contributed by atoms with Gasteiger partial charge in [-0.05, 0) is 75.5 Å². The first-order valence-corrected chi connectivity index (χ1v) is 25.3. The highest BCUT2D eigenvalue weighted by Crippen LogP contribution is 2.48. The number of nitrogens with zero attached hydrogens (tertiary/aromatic N) is 5. The molecule has 6 rings (SSSR count). The number of hydrogen-bond acceptors (Lipinski definition) is 8. The quantitative estimate of drug-likeness (QED) is 0.0737. The molecule has 3 fully saturated rings. The van der Waals surface area contributed by atoms with Crippen molar-refractivity contribution in [1.29, 1.82) is 0 Å². The number of hydrogen-bond donors (Lipinski definition) is 2. The van der Waals surface area contributed by atoms with Gasteiger partial charge in [0.25, 0.3) is 5.91 Å². The average Bonchev–Trinajstić information content (AvgIpc) is 3.74. The molecular formula is C43H66FN7O5Si. The summed E-state index contributed by atoms with van der Waals surface area (Å²) in [5.74, 6) is -1.65. The van der Waals surface area contributed by atoms with Gasteiger partial charge in [-0.25, -0.2) is 9.67 Å². The first-order chi connectivity index (χ1) is 27.4. The highest BCUT2D eigenvalue weighted by atomic mass is 28.3. The van der Waals surface area contributed by atoms with Gasteiger partial charge < -0.3 is 25.3 Å². The Bertz CT molecular complexity index is 1770. The second-order valence-corrected chi connectivity index (χ2v) is 23.4. The molecule has 0 radical (unpaired) electrons. The lowest BCUT2D eigenvalue weighted by molar-refractivity contribution is -0.163. The Morgan fingerprint density at radius 1 is 0.965 bits per heavy atom. The van der Waals surface area contributed by atoms with Crippen LogP contribution < -0.4 is 11.1 Å². The van der Waals surface area contributed by atoms with Crippen molar-refractivity contribution in [3.05, 3.63) is 46.9 Å². The first-order valence-electron chi connectivity index (χ1n) is 21.6. The Morgan fingerprint density at radius 2 is 1.65 bits per heavy atom. The molecule has 14 heteroatoms. The summed E-state index contributed by atoms with van der Waals surface area (Å²) in [6.45, 7) is 13.2. The van der Waals surface area contributed by atoms with Crippen LogP contribution in [-0.4, -0.2) is 70.5 Å². The zero-order valence-corrected chi connectivity index (χ0v) is 36.0. The lowest BCUT2D eigenvalue weighted by Gasteiger charge is -2.41. The predicted molar refractivity (Wildman–Crippen MR) is 222 cm³/mol. The monoisotopic (exact) mass is 807 g/mol. The summed E-state index contributed by atoms with van der Waals surface area (Å²) >= 11 is 0. The zero-order chi connectivity index (χ0) is 40.5. The molecule has 3 N–H and O–H groups in total. The van der Waals surface area contributed by atoms with Crippen LogP contribution in [0, 0.1) is 37.5 Å². The van der Waals surface area contributed by atoms with E-state index in [9.17, 15) is 9.59 Å². The number of halogens is 1. The summed E-state index contributed by atoms with van der Waals surface area (Å²) < 4.78 is 37.1. The number of nitrogens with one attached hydrogen (secondary N) is 1. The molecule has 0 bridgehead atoms. The van der Waals surface area contributed by atoms with Crippen molar-refractivity contribution < 1.29 is 28.2 Å². The number of aryl methyl sites for hydroxylation is 2. The number of carbonyl (C=O) groups is 2. The van der Waals surface area contributed by atoms with Gasteiger partial charge >= 0.3 is 0 Å². The highest BCUT2D eigenvalue weighted by Gasteiger charge is 2.43. The molecule has 1 aliphatic heterocycles. The second kappa shape index (κ2) is 20.0. The third kappa shape index (κ3) is 11.2. The summed E-state index contributed by atoms with van der Waals surface area (Å²) in [6, 6.07) is 4.36. The normalized spacial score (nSPS) is 19.2. The number of amides is 2. The van der Waals surface area contributed by atoms with Crippen LogP contribution >= 0.6 is 0 Å². The lowest BCUT2D eigenvalue weighted by atomic mass is 9.63. The van der Waals surface area contributed by atoms with Crippen LogP contribution in [0.4, 0.5) is 10.2 Å². The van der Waals surface area contributed by atoms with Gasteiger partial charge in [-0.1, -0.05) is 83.8 Å². The molecule has 314 valence electrons. The third-order valence-electron chi connectivity index (χ3n) is 12.4. The van der Waals surface area contributed by atoms with E-state index in [0.717, 1.165) is 82.4 Å². The van der Waals surface area contributed by atoms with Crippen molar-refractivity contribution in [2.24, 2.45) is 23.5 Å². The number of ether oxygens (including phenoxy) is 3. The minimum atomic E-state index is -1.24. The minimum absolute atomic E-state index is 0.0265. The smallest absolute Gasteiger partial charge is 0.267 e. The molecule has 2 amide bonds. The van der Waals surface area contributed by atoms with Crippen LogP contribution in [0.3, 0.4) is 0 Å². The molecule has 12 nitrogen and oxygen atoms in total. The standard InChI is InChI=1S/C43H66FN7O5Si/c1-29-37(30(2)51(49-29)28-54-25-26-57(3,4)5)33-20-21-35(47-41(33)44)48-43(53)39(38(31-15-8-6-9-16-31)32-17-10-7-11-18-32)34-27-46-50(40(34)42(45)52)22-14-24-56-36-19-12-13-23-55-36/h20-21,27,31-32,36,38-39H,6-19,22-26,28H2,1-5H3,(H2,45,52)(H,47,48,53)/t36?,39-/m1/s1. The van der Waals surface area contributed by atoms with Gasteiger partial charge in [0, 0.05) is 50.2 Å². The van der Waals surface area contributed by atoms with Gasteiger partial charge in [-0.2, -0.15) is 14.6 Å². The summed E-state index contributed by atoms with van der Waals surface area (Å²) in [7, 11) is -1.24. The van der Waals surface area contributed by atoms with Gasteiger partial charge in [-0.15, -0.1) is 0 Å². The van der Waals surface area contributed by atoms with Gasteiger partial charge in [0.1, 0.15) is 18.2 Å². The summed E-state index contributed by atoms with van der Waals surface area (Å²) in [5.41, 5.74) is 9.36. The van der Waals surface area contributed by atoms with E-state index in [0.29, 0.717) is 67.0 Å². The number of anilines is 1. The fraction of sp³-hybridized carbons (Fsp3) is 0.698. The number of primary amides is 1. The Balaban J connectivity index is 1.27. The zero-order valence-electron chi connectivity index (χ0n) is 35.0. The van der Waals surface area contributed by atoms with E-state index >= 15 is 4.39 Å². The van der Waals surface area contributed by atoms with Crippen LogP contribution in [0.25, 0.3) is 11.1 Å². The molecule has 1 unspecified atom stereocenters. The Labute approximate surface area is 339 Å². The molecule has 57 heavy (non-hydrogen) atoms. The topological polar surface area (TPSA) is 148 Å². The molecule has 2 atom stereocenters. The Kier molecular flexibility index (Phi) is 15.1. The minimum Gasteiger partial charge on any atom is -0.364 e. The molecule has 3 aromatic rings. The van der Waals surface area contributed by atoms with E-state index in [1.165, 1.54) is 12.8 Å². The summed E-state index contributed by atoms with van der Waals surface area (Å²) in [6.07, 6.45) is 16.0. The van der Waals surface area contributed by atoms with Gasteiger partial charge in [-0.3, -0.25) is 14.3 Å². The molecule has 1 saturated heterocycles. The number of nitrogens with two attached hydrogens (primary N) is 1. The Morgan fingerprint density at radius 3 is 2.26 bits per heavy atom. The van der Waals surface area contributed by atoms with Gasteiger partial charge in [0.15, 0.2) is 6.29 Å². The summed E-state index contributed by atoms with van der Waals surface area (Å²) in [4.78, 5) is 32.5. The Hall–Kier alpha value is -3.46. The van der Waals surface area contributed by atoms with Crippen molar-refractivity contribution >= 4 is 25.7 Å². The van der Waals surface area contributed by atoms with E-state index < -0.39 is 25.8 Å². The van der Waals surface area contributed by atoms with E-state index in [1.807, 2.05) is 13.8 Å². The van der Waals surface area contributed by atoms with E-state index in [4.69, 9.17) is 19.9 Å². The fourth-order valence-corrected chi connectivity index (χ4v) is 10.2. The third-order valence-corrected chi connectivity index (χ3v) is 14.1. The van der Waals surface area contributed by atoms with E-state index in [1.54, 1.807) is 27.7 Å². The molecule has 2 saturated carbocycles. The van der Waals surface area contributed by atoms with Crippen molar-refractivity contribution in [2.45, 2.75) is 155 Å². The molecule has 0 spiro atoms. The van der Waals surface area contributed by atoms with Crippen LogP contribution in [0.1, 0.15) is 123 Å². The van der Waals surface area contributed by atoms with Crippen molar-refractivity contribution in [3.63, 3.8) is 0 Å². The number of carbonyl (C=O) groups excluding carboxylic acids is 2. The average molecular weight is 808 g/mol. The molecule has 4 heterocycles. The van der Waals surface area contributed by atoms with Crippen LogP contribution in [0.15, 0.2) is 18.3 Å². The SMILES string of the molecule is Cc1nn(COCC[Si](C)(C)C)c(C)c1-c1ccc(NC(=O)[C@H](c2cnn(CCCOC3CCCCO3)c2C(N)=O)C(C2CCCCC2)C2CCCCC2)nc1F. The number of rotatable bonds is 18. The molecular weight excluding hydrogens is 742 g/mol. The van der Waals surface area contributed by atoms with Crippen molar-refractivity contribution in [1.82, 2.24) is 24.5 Å². The second-order valence-electron chi connectivity index (χ2n) is 17.8. The van der Waals surface area contributed by atoms with E-state index in [-0.39, 0.29) is 36.4 Å². The largest absolute Gasteiger partial charge is 0.364 e. The maximum atomic E-state index is 16.1.